The van der Waals surface area contributed by atoms with Crippen LogP contribution in [0.25, 0.3) is 5.69 Å². The molecule has 3 aromatic rings. The fraction of sp³-hybridized carbons (Fsp3) is 0.190. The molecule has 138 valence electrons. The molecule has 2 aromatic carbocycles. The van der Waals surface area contributed by atoms with Gasteiger partial charge in [0.05, 0.1) is 12.9 Å². The maximum Gasteiger partial charge on any atom is 0.254 e. The first-order valence-electron chi connectivity index (χ1n) is 8.65. The van der Waals surface area contributed by atoms with E-state index in [1.54, 1.807) is 31.7 Å². The first-order chi connectivity index (χ1) is 13.0. The number of hydrogen-bond donors (Lipinski definition) is 1. The van der Waals surface area contributed by atoms with E-state index in [4.69, 9.17) is 0 Å². The Morgan fingerprint density at radius 1 is 1.11 bits per heavy atom. The van der Waals surface area contributed by atoms with Gasteiger partial charge in [-0.2, -0.15) is 0 Å². The predicted molar refractivity (Wildman–Crippen MR) is 105 cm³/mol. The van der Waals surface area contributed by atoms with Crippen molar-refractivity contribution in [3.05, 3.63) is 77.9 Å². The zero-order chi connectivity index (χ0) is 19.4. The third kappa shape index (κ3) is 4.23. The quantitative estimate of drug-likeness (QED) is 0.758. The number of carbonyl (C=O) groups is 2. The van der Waals surface area contributed by atoms with E-state index in [0.29, 0.717) is 5.56 Å². The maximum atomic E-state index is 12.6. The molecule has 1 aromatic heterocycles. The van der Waals surface area contributed by atoms with Crippen LogP contribution in [-0.4, -0.2) is 39.9 Å². The Bertz CT molecular complexity index is 947. The molecule has 27 heavy (non-hydrogen) atoms. The SMILES string of the molecule is Cc1cccc(NC(=O)CN(C)C(=O)c2ccc(-n3ccnc3)cc2)c1C. The van der Waals surface area contributed by atoms with E-state index in [-0.39, 0.29) is 18.4 Å². The second-order valence-electron chi connectivity index (χ2n) is 6.47. The molecule has 0 unspecified atom stereocenters. The van der Waals surface area contributed by atoms with Gasteiger partial charge in [-0.3, -0.25) is 9.59 Å². The molecule has 0 bridgehead atoms. The molecule has 6 nitrogen and oxygen atoms in total. The van der Waals surface area contributed by atoms with Crippen molar-refractivity contribution >= 4 is 17.5 Å². The Morgan fingerprint density at radius 3 is 2.52 bits per heavy atom. The highest BCUT2D eigenvalue weighted by Gasteiger charge is 2.16. The van der Waals surface area contributed by atoms with E-state index in [0.717, 1.165) is 22.5 Å². The molecule has 6 heteroatoms. The van der Waals surface area contributed by atoms with Gasteiger partial charge in [0.2, 0.25) is 5.91 Å². The van der Waals surface area contributed by atoms with Gasteiger partial charge in [-0.25, -0.2) is 4.98 Å². The molecule has 3 rings (SSSR count). The van der Waals surface area contributed by atoms with E-state index in [1.165, 1.54) is 4.90 Å². The molecule has 1 heterocycles. The second kappa shape index (κ2) is 7.86. The smallest absolute Gasteiger partial charge is 0.254 e. The lowest BCUT2D eigenvalue weighted by molar-refractivity contribution is -0.116. The van der Waals surface area contributed by atoms with Crippen LogP contribution in [0.1, 0.15) is 21.5 Å². The number of hydrogen-bond acceptors (Lipinski definition) is 3. The largest absolute Gasteiger partial charge is 0.332 e. The van der Waals surface area contributed by atoms with Crippen molar-refractivity contribution in [3.63, 3.8) is 0 Å². The van der Waals surface area contributed by atoms with E-state index in [9.17, 15) is 9.59 Å². The molecule has 1 N–H and O–H groups in total. The summed E-state index contributed by atoms with van der Waals surface area (Å²) in [5.41, 5.74) is 4.34. The van der Waals surface area contributed by atoms with Crippen LogP contribution < -0.4 is 5.32 Å². The van der Waals surface area contributed by atoms with Gasteiger partial charge in [-0.1, -0.05) is 12.1 Å². The highest BCUT2D eigenvalue weighted by atomic mass is 16.2. The Morgan fingerprint density at radius 2 is 1.85 bits per heavy atom. The van der Waals surface area contributed by atoms with Crippen molar-refractivity contribution in [2.75, 3.05) is 18.9 Å². The summed E-state index contributed by atoms with van der Waals surface area (Å²) in [5, 5.41) is 2.87. The highest BCUT2D eigenvalue weighted by molar-refractivity contribution is 5.99. The average molecular weight is 362 g/mol. The number of anilines is 1. The zero-order valence-corrected chi connectivity index (χ0v) is 15.6. The molecule has 0 aliphatic rings. The van der Waals surface area contributed by atoms with Crippen LogP contribution in [0.15, 0.2) is 61.2 Å². The summed E-state index contributed by atoms with van der Waals surface area (Å²) in [5.74, 6) is -0.433. The number of imidazole rings is 1. The molecule has 0 aliphatic carbocycles. The number of benzene rings is 2. The Labute approximate surface area is 158 Å². The molecule has 0 spiro atoms. The van der Waals surface area contributed by atoms with Gasteiger partial charge in [0.25, 0.3) is 5.91 Å². The Kier molecular flexibility index (Phi) is 5.35. The van der Waals surface area contributed by atoms with Crippen LogP contribution in [0.5, 0.6) is 0 Å². The van der Waals surface area contributed by atoms with Gasteiger partial charge in [0, 0.05) is 36.4 Å². The molecule has 2 amide bonds. The summed E-state index contributed by atoms with van der Waals surface area (Å²) < 4.78 is 1.86. The number of amides is 2. The first kappa shape index (κ1) is 18.4. The number of nitrogens with zero attached hydrogens (tertiary/aromatic N) is 3. The minimum Gasteiger partial charge on any atom is -0.332 e. The molecule has 0 saturated carbocycles. The normalized spacial score (nSPS) is 10.5. The van der Waals surface area contributed by atoms with Crippen molar-refractivity contribution in [3.8, 4) is 5.69 Å². The molecular formula is C21H22N4O2. The Balaban J connectivity index is 1.63. The second-order valence-corrected chi connectivity index (χ2v) is 6.47. The number of aromatic nitrogens is 2. The van der Waals surface area contributed by atoms with Crippen LogP contribution >= 0.6 is 0 Å². The summed E-state index contributed by atoms with van der Waals surface area (Å²) in [6.45, 7) is 3.94. The van der Waals surface area contributed by atoms with Crippen molar-refractivity contribution in [1.29, 1.82) is 0 Å². The third-order valence-corrected chi connectivity index (χ3v) is 4.52. The van der Waals surface area contributed by atoms with Crippen LogP contribution in [0.4, 0.5) is 5.69 Å². The van der Waals surface area contributed by atoms with Crippen molar-refractivity contribution < 1.29 is 9.59 Å². The minimum atomic E-state index is -0.227. The van der Waals surface area contributed by atoms with Crippen LogP contribution in [0, 0.1) is 13.8 Å². The lowest BCUT2D eigenvalue weighted by Crippen LogP contribution is -2.35. The van der Waals surface area contributed by atoms with Gasteiger partial charge in [0.15, 0.2) is 0 Å². The summed E-state index contributed by atoms with van der Waals surface area (Å²) in [7, 11) is 1.62. The summed E-state index contributed by atoms with van der Waals surface area (Å²) in [6, 6.07) is 12.9. The zero-order valence-electron chi connectivity index (χ0n) is 15.6. The topological polar surface area (TPSA) is 67.2 Å². The summed E-state index contributed by atoms with van der Waals surface area (Å²) in [4.78, 5) is 30.3. The molecule has 0 atom stereocenters. The standard InChI is InChI=1S/C21H22N4O2/c1-15-5-4-6-19(16(15)2)23-20(26)13-24(3)21(27)17-7-9-18(10-8-17)25-12-11-22-14-25/h4-12,14H,13H2,1-3H3,(H,23,26). The predicted octanol–water partition coefficient (Wildman–Crippen LogP) is 3.20. The van der Waals surface area contributed by atoms with E-state index >= 15 is 0 Å². The van der Waals surface area contributed by atoms with Crippen molar-refractivity contribution in [2.45, 2.75) is 13.8 Å². The third-order valence-electron chi connectivity index (χ3n) is 4.52. The van der Waals surface area contributed by atoms with Gasteiger partial charge in [-0.15, -0.1) is 0 Å². The van der Waals surface area contributed by atoms with Gasteiger partial charge < -0.3 is 14.8 Å². The average Bonchev–Trinajstić information content (AvgIpc) is 3.19. The lowest BCUT2D eigenvalue weighted by Gasteiger charge is -2.18. The molecular weight excluding hydrogens is 340 g/mol. The molecule has 0 radical (unpaired) electrons. The minimum absolute atomic E-state index is 0.0184. The first-order valence-corrected chi connectivity index (χ1v) is 8.65. The monoisotopic (exact) mass is 362 g/mol. The maximum absolute atomic E-state index is 12.6. The summed E-state index contributed by atoms with van der Waals surface area (Å²) >= 11 is 0. The van der Waals surface area contributed by atoms with Gasteiger partial charge in [0.1, 0.15) is 0 Å². The van der Waals surface area contributed by atoms with Crippen LogP contribution in [-0.2, 0) is 4.79 Å². The van der Waals surface area contributed by atoms with E-state index in [1.807, 2.05) is 54.9 Å². The number of aryl methyl sites for hydroxylation is 1. The van der Waals surface area contributed by atoms with E-state index < -0.39 is 0 Å². The molecule has 0 saturated heterocycles. The van der Waals surface area contributed by atoms with Crippen molar-refractivity contribution in [2.24, 2.45) is 0 Å². The molecule has 0 fully saturated rings. The number of likely N-dealkylation sites (N-methyl/N-ethyl adjacent to an activating group) is 1. The van der Waals surface area contributed by atoms with Crippen LogP contribution in [0.3, 0.4) is 0 Å². The number of rotatable bonds is 5. The van der Waals surface area contributed by atoms with Crippen molar-refractivity contribution in [1.82, 2.24) is 14.5 Å². The Hall–Kier alpha value is -3.41. The number of nitrogens with one attached hydrogen (secondary N) is 1. The fourth-order valence-electron chi connectivity index (χ4n) is 2.77. The van der Waals surface area contributed by atoms with E-state index in [2.05, 4.69) is 10.3 Å². The lowest BCUT2D eigenvalue weighted by atomic mass is 10.1. The van der Waals surface area contributed by atoms with Crippen LogP contribution in [0.2, 0.25) is 0 Å². The van der Waals surface area contributed by atoms with Gasteiger partial charge in [-0.05, 0) is 55.3 Å². The fourth-order valence-corrected chi connectivity index (χ4v) is 2.77. The number of carbonyl (C=O) groups excluding carboxylic acids is 2. The molecule has 0 aliphatic heterocycles. The summed E-state index contributed by atoms with van der Waals surface area (Å²) in [6.07, 6.45) is 5.22. The highest BCUT2D eigenvalue weighted by Crippen LogP contribution is 2.18. The van der Waals surface area contributed by atoms with Gasteiger partial charge >= 0.3 is 0 Å².